The number of ether oxygens (including phenoxy) is 1. The van der Waals surface area contributed by atoms with Gasteiger partial charge >= 0.3 is 0 Å². The highest BCUT2D eigenvalue weighted by Crippen LogP contribution is 2.14. The van der Waals surface area contributed by atoms with Crippen LogP contribution in [-0.2, 0) is 4.74 Å². The van der Waals surface area contributed by atoms with Crippen LogP contribution in [0.1, 0.15) is 27.2 Å². The van der Waals surface area contributed by atoms with Gasteiger partial charge in [0, 0.05) is 12.0 Å². The normalized spacial score (nSPS) is 12.4. The van der Waals surface area contributed by atoms with Gasteiger partial charge in [-0.25, -0.2) is 8.78 Å². The molecule has 14 heavy (non-hydrogen) atoms. The maximum absolute atomic E-state index is 11.8. The molecule has 0 rings (SSSR count). The van der Waals surface area contributed by atoms with Gasteiger partial charge in [0.1, 0.15) is 6.61 Å². The van der Waals surface area contributed by atoms with E-state index >= 15 is 0 Å². The lowest BCUT2D eigenvalue weighted by Crippen LogP contribution is -2.34. The third kappa shape index (κ3) is 8.38. The first kappa shape index (κ1) is 13.8. The molecule has 0 aliphatic heterocycles. The van der Waals surface area contributed by atoms with Crippen molar-refractivity contribution in [1.29, 1.82) is 0 Å². The van der Waals surface area contributed by atoms with Crippen LogP contribution in [-0.4, -0.2) is 32.7 Å². The molecule has 2 nitrogen and oxygen atoms in total. The second-order valence-electron chi connectivity index (χ2n) is 4.25. The van der Waals surface area contributed by atoms with E-state index in [0.29, 0.717) is 6.61 Å². The zero-order valence-electron chi connectivity index (χ0n) is 9.28. The second kappa shape index (κ2) is 7.12. The summed E-state index contributed by atoms with van der Waals surface area (Å²) in [6.07, 6.45) is -1.29. The molecule has 0 amide bonds. The maximum Gasteiger partial charge on any atom is 0.261 e. The van der Waals surface area contributed by atoms with Crippen LogP contribution < -0.4 is 5.32 Å². The van der Waals surface area contributed by atoms with E-state index in [1.807, 2.05) is 13.8 Å². The molecule has 0 spiro atoms. The molecule has 0 atom stereocenters. The third-order valence-electron chi connectivity index (χ3n) is 1.77. The summed E-state index contributed by atoms with van der Waals surface area (Å²) < 4.78 is 28.5. The smallest absolute Gasteiger partial charge is 0.261 e. The van der Waals surface area contributed by atoms with Gasteiger partial charge in [0.05, 0.1) is 6.61 Å². The predicted octanol–water partition coefficient (Wildman–Crippen LogP) is 2.29. The van der Waals surface area contributed by atoms with Crippen molar-refractivity contribution < 1.29 is 13.5 Å². The molecule has 86 valence electrons. The minimum atomic E-state index is -2.37. The van der Waals surface area contributed by atoms with Crippen molar-refractivity contribution in [2.75, 3.05) is 26.3 Å². The lowest BCUT2D eigenvalue weighted by atomic mass is 9.95. The van der Waals surface area contributed by atoms with Crippen LogP contribution in [0.5, 0.6) is 0 Å². The summed E-state index contributed by atoms with van der Waals surface area (Å²) >= 11 is 0. The van der Waals surface area contributed by atoms with E-state index in [1.165, 1.54) is 0 Å². The van der Waals surface area contributed by atoms with E-state index in [-0.39, 0.29) is 5.41 Å². The molecule has 0 bridgehead atoms. The number of halogens is 2. The Morgan fingerprint density at radius 3 is 2.50 bits per heavy atom. The SMILES string of the molecule is CCCNCC(C)(C)COCC(F)F. The standard InChI is InChI=1S/C10H21F2NO/c1-4-5-13-7-10(2,3)8-14-6-9(11)12/h9,13H,4-8H2,1-3H3. The Bertz CT molecular complexity index is 140. The Hall–Kier alpha value is -0.220. The van der Waals surface area contributed by atoms with E-state index in [2.05, 4.69) is 12.2 Å². The molecule has 1 N–H and O–H groups in total. The average Bonchev–Trinajstić information content (AvgIpc) is 2.03. The van der Waals surface area contributed by atoms with E-state index in [0.717, 1.165) is 19.5 Å². The summed E-state index contributed by atoms with van der Waals surface area (Å²) in [7, 11) is 0. The van der Waals surface area contributed by atoms with Gasteiger partial charge in [-0.2, -0.15) is 0 Å². The minimum absolute atomic E-state index is 0.0793. The van der Waals surface area contributed by atoms with Crippen molar-refractivity contribution >= 4 is 0 Å². The summed E-state index contributed by atoms with van der Waals surface area (Å²) in [5.74, 6) is 0. The number of alkyl halides is 2. The summed E-state index contributed by atoms with van der Waals surface area (Å²) in [6.45, 7) is 7.75. The fourth-order valence-electron chi connectivity index (χ4n) is 1.08. The number of rotatable bonds is 8. The zero-order valence-corrected chi connectivity index (χ0v) is 9.28. The Morgan fingerprint density at radius 2 is 2.00 bits per heavy atom. The zero-order chi connectivity index (χ0) is 11.0. The van der Waals surface area contributed by atoms with Gasteiger partial charge in [0.25, 0.3) is 6.43 Å². The molecule has 0 aromatic rings. The van der Waals surface area contributed by atoms with Crippen molar-refractivity contribution in [2.24, 2.45) is 5.41 Å². The van der Waals surface area contributed by atoms with Gasteiger partial charge in [-0.3, -0.25) is 0 Å². The number of nitrogens with one attached hydrogen (secondary N) is 1. The van der Waals surface area contributed by atoms with Crippen molar-refractivity contribution in [3.8, 4) is 0 Å². The fourth-order valence-corrected chi connectivity index (χ4v) is 1.08. The summed E-state index contributed by atoms with van der Waals surface area (Å²) in [5, 5.41) is 3.25. The van der Waals surface area contributed by atoms with Crippen LogP contribution >= 0.6 is 0 Å². The van der Waals surface area contributed by atoms with E-state index in [9.17, 15) is 8.78 Å². The van der Waals surface area contributed by atoms with Crippen LogP contribution in [0, 0.1) is 5.41 Å². The molecule has 0 heterocycles. The average molecular weight is 209 g/mol. The van der Waals surface area contributed by atoms with E-state index in [4.69, 9.17) is 4.74 Å². The van der Waals surface area contributed by atoms with E-state index < -0.39 is 13.0 Å². The Kier molecular flexibility index (Phi) is 7.01. The molecule has 0 aromatic carbocycles. The molecule has 4 heteroatoms. The first-order chi connectivity index (χ1) is 6.48. The molecule has 0 unspecified atom stereocenters. The predicted molar refractivity (Wildman–Crippen MR) is 53.8 cm³/mol. The molecular formula is C10H21F2NO. The van der Waals surface area contributed by atoms with Crippen LogP contribution in [0.25, 0.3) is 0 Å². The molecule has 0 saturated carbocycles. The van der Waals surface area contributed by atoms with Crippen molar-refractivity contribution in [3.63, 3.8) is 0 Å². The highest BCUT2D eigenvalue weighted by Gasteiger charge is 2.18. The topological polar surface area (TPSA) is 21.3 Å². The van der Waals surface area contributed by atoms with Crippen LogP contribution in [0.4, 0.5) is 8.78 Å². The molecule has 0 radical (unpaired) electrons. The van der Waals surface area contributed by atoms with Gasteiger partial charge < -0.3 is 10.1 Å². The summed E-state index contributed by atoms with van der Waals surface area (Å²) in [6, 6.07) is 0. The van der Waals surface area contributed by atoms with E-state index in [1.54, 1.807) is 0 Å². The van der Waals surface area contributed by atoms with Crippen LogP contribution in [0.15, 0.2) is 0 Å². The van der Waals surface area contributed by atoms with Crippen LogP contribution in [0.2, 0.25) is 0 Å². The summed E-state index contributed by atoms with van der Waals surface area (Å²) in [4.78, 5) is 0. The molecule has 0 aromatic heterocycles. The minimum Gasteiger partial charge on any atom is -0.375 e. The number of hydrogen-bond donors (Lipinski definition) is 1. The molecule has 0 fully saturated rings. The molecular weight excluding hydrogens is 188 g/mol. The monoisotopic (exact) mass is 209 g/mol. The molecule has 0 saturated heterocycles. The Morgan fingerprint density at radius 1 is 1.36 bits per heavy atom. The lowest BCUT2D eigenvalue weighted by molar-refractivity contribution is -0.0121. The van der Waals surface area contributed by atoms with Crippen molar-refractivity contribution in [1.82, 2.24) is 5.32 Å². The van der Waals surface area contributed by atoms with Crippen LogP contribution in [0.3, 0.4) is 0 Å². The second-order valence-corrected chi connectivity index (χ2v) is 4.25. The first-order valence-electron chi connectivity index (χ1n) is 5.04. The largest absolute Gasteiger partial charge is 0.375 e. The van der Waals surface area contributed by atoms with Gasteiger partial charge in [0.2, 0.25) is 0 Å². The van der Waals surface area contributed by atoms with Crippen molar-refractivity contribution in [2.45, 2.75) is 33.6 Å². The third-order valence-corrected chi connectivity index (χ3v) is 1.77. The summed E-state index contributed by atoms with van der Waals surface area (Å²) in [5.41, 5.74) is -0.0793. The maximum atomic E-state index is 11.8. The lowest BCUT2D eigenvalue weighted by Gasteiger charge is -2.24. The molecule has 0 aliphatic carbocycles. The number of hydrogen-bond acceptors (Lipinski definition) is 2. The van der Waals surface area contributed by atoms with Gasteiger partial charge in [-0.15, -0.1) is 0 Å². The first-order valence-corrected chi connectivity index (χ1v) is 5.04. The van der Waals surface area contributed by atoms with Gasteiger partial charge in [-0.05, 0) is 13.0 Å². The highest BCUT2D eigenvalue weighted by molar-refractivity contribution is 4.70. The van der Waals surface area contributed by atoms with Gasteiger partial charge in [-0.1, -0.05) is 20.8 Å². The Balaban J connectivity index is 3.50. The highest BCUT2D eigenvalue weighted by atomic mass is 19.3. The Labute approximate surface area is 85.0 Å². The fraction of sp³-hybridized carbons (Fsp3) is 1.00. The quantitative estimate of drug-likeness (QED) is 0.619. The van der Waals surface area contributed by atoms with Crippen molar-refractivity contribution in [3.05, 3.63) is 0 Å². The van der Waals surface area contributed by atoms with Gasteiger partial charge in [0.15, 0.2) is 0 Å². The molecule has 0 aliphatic rings.